The van der Waals surface area contributed by atoms with E-state index in [1.165, 1.54) is 0 Å². The number of aryl methyl sites for hydroxylation is 1. The molecule has 1 atom stereocenters. The van der Waals surface area contributed by atoms with Gasteiger partial charge in [-0.25, -0.2) is 0 Å². The lowest BCUT2D eigenvalue weighted by Crippen LogP contribution is -2.17. The number of rotatable bonds is 5. The van der Waals surface area contributed by atoms with Gasteiger partial charge in [-0.1, -0.05) is 15.9 Å². The highest BCUT2D eigenvalue weighted by molar-refractivity contribution is 9.11. The van der Waals surface area contributed by atoms with E-state index in [0.29, 0.717) is 6.42 Å². The Hall–Kier alpha value is 0.410. The molecule has 0 bridgehead atoms. The molecule has 1 aromatic heterocycles. The molecule has 0 aliphatic heterocycles. The van der Waals surface area contributed by atoms with Crippen molar-refractivity contribution in [1.82, 2.24) is 0 Å². The van der Waals surface area contributed by atoms with Crippen LogP contribution in [-0.2, 0) is 4.74 Å². The summed E-state index contributed by atoms with van der Waals surface area (Å²) in [7, 11) is 0. The average Bonchev–Trinajstić information content (AvgIpc) is 2.52. The summed E-state index contributed by atoms with van der Waals surface area (Å²) in [5.74, 6) is 0. The molecular formula is C10H11Br2F3OS. The standard InChI is InChI=1S/C10H11Br2F3OS/c1-6-4-8(17-9(6)12)7(11)2-3-16-5-10(13,14)15/h4,7H,2-3,5H2,1H3. The summed E-state index contributed by atoms with van der Waals surface area (Å²) in [6, 6.07) is 2.01. The molecule has 0 saturated heterocycles. The molecule has 0 fully saturated rings. The molecule has 0 amide bonds. The molecular weight excluding hydrogens is 385 g/mol. The van der Waals surface area contributed by atoms with Gasteiger partial charge in [0.05, 0.1) is 8.61 Å². The summed E-state index contributed by atoms with van der Waals surface area (Å²) in [6.07, 6.45) is -3.73. The van der Waals surface area contributed by atoms with Crippen LogP contribution in [0.4, 0.5) is 13.2 Å². The van der Waals surface area contributed by atoms with Gasteiger partial charge < -0.3 is 4.74 Å². The van der Waals surface area contributed by atoms with E-state index in [1.807, 2.05) is 13.0 Å². The fraction of sp³-hybridized carbons (Fsp3) is 0.600. The zero-order valence-electron chi connectivity index (χ0n) is 8.98. The van der Waals surface area contributed by atoms with E-state index in [4.69, 9.17) is 0 Å². The van der Waals surface area contributed by atoms with Crippen molar-refractivity contribution in [3.05, 3.63) is 20.3 Å². The summed E-state index contributed by atoms with van der Waals surface area (Å²) >= 11 is 8.43. The largest absolute Gasteiger partial charge is 0.411 e. The molecule has 0 saturated carbocycles. The second kappa shape index (κ2) is 6.54. The van der Waals surface area contributed by atoms with Crippen molar-refractivity contribution in [2.24, 2.45) is 0 Å². The molecule has 1 heterocycles. The predicted molar refractivity (Wildman–Crippen MR) is 69.9 cm³/mol. The molecule has 7 heteroatoms. The van der Waals surface area contributed by atoms with Crippen molar-refractivity contribution < 1.29 is 17.9 Å². The van der Waals surface area contributed by atoms with E-state index < -0.39 is 12.8 Å². The first-order valence-electron chi connectivity index (χ1n) is 4.84. The maximum atomic E-state index is 11.8. The highest BCUT2D eigenvalue weighted by Crippen LogP contribution is 2.36. The van der Waals surface area contributed by atoms with Crippen molar-refractivity contribution in [3.63, 3.8) is 0 Å². The number of hydrogen-bond donors (Lipinski definition) is 0. The molecule has 0 aromatic carbocycles. The maximum absolute atomic E-state index is 11.8. The lowest BCUT2D eigenvalue weighted by molar-refractivity contribution is -0.174. The van der Waals surface area contributed by atoms with Gasteiger partial charge in [-0.15, -0.1) is 11.3 Å². The molecule has 0 N–H and O–H groups in total. The maximum Gasteiger partial charge on any atom is 0.411 e. The van der Waals surface area contributed by atoms with Crippen LogP contribution >= 0.6 is 43.2 Å². The lowest BCUT2D eigenvalue weighted by Gasteiger charge is -2.10. The van der Waals surface area contributed by atoms with Crippen molar-refractivity contribution in [1.29, 1.82) is 0 Å². The topological polar surface area (TPSA) is 9.23 Å². The van der Waals surface area contributed by atoms with Crippen LogP contribution in [0, 0.1) is 6.92 Å². The molecule has 0 spiro atoms. The van der Waals surface area contributed by atoms with E-state index in [9.17, 15) is 13.2 Å². The van der Waals surface area contributed by atoms with Gasteiger partial charge >= 0.3 is 6.18 Å². The number of hydrogen-bond acceptors (Lipinski definition) is 2. The second-order valence-electron chi connectivity index (χ2n) is 3.53. The van der Waals surface area contributed by atoms with Crippen LogP contribution in [-0.4, -0.2) is 19.4 Å². The Morgan fingerprint density at radius 2 is 2.12 bits per heavy atom. The lowest BCUT2D eigenvalue weighted by atomic mass is 10.2. The van der Waals surface area contributed by atoms with Crippen LogP contribution in [0.2, 0.25) is 0 Å². The van der Waals surface area contributed by atoms with E-state index in [1.54, 1.807) is 11.3 Å². The molecule has 1 aromatic rings. The molecule has 0 aliphatic rings. The predicted octanol–water partition coefficient (Wildman–Crippen LogP) is 5.22. The fourth-order valence-corrected chi connectivity index (χ4v) is 3.34. The third-order valence-corrected chi connectivity index (χ3v) is 5.47. The Labute approximate surface area is 119 Å². The third kappa shape index (κ3) is 5.72. The van der Waals surface area contributed by atoms with Gasteiger partial charge in [0.25, 0.3) is 0 Å². The SMILES string of the molecule is Cc1cc(C(Br)CCOCC(F)(F)F)sc1Br. The van der Waals surface area contributed by atoms with Crippen LogP contribution in [0.1, 0.15) is 21.7 Å². The Balaban J connectivity index is 2.33. The first kappa shape index (κ1) is 15.5. The summed E-state index contributed by atoms with van der Waals surface area (Å²) in [5, 5.41) is 0. The van der Waals surface area contributed by atoms with Gasteiger partial charge in [0.1, 0.15) is 6.61 Å². The summed E-state index contributed by atoms with van der Waals surface area (Å²) in [6.45, 7) is 0.883. The summed E-state index contributed by atoms with van der Waals surface area (Å²) < 4.78 is 41.1. The van der Waals surface area contributed by atoms with Gasteiger partial charge in [-0.2, -0.15) is 13.2 Å². The average molecular weight is 396 g/mol. The number of halogens is 5. The quantitative estimate of drug-likeness (QED) is 0.490. The summed E-state index contributed by atoms with van der Waals surface area (Å²) in [5.41, 5.74) is 1.13. The monoisotopic (exact) mass is 394 g/mol. The van der Waals surface area contributed by atoms with Crippen LogP contribution in [0.25, 0.3) is 0 Å². The van der Waals surface area contributed by atoms with Crippen molar-refractivity contribution in [2.45, 2.75) is 24.3 Å². The highest BCUT2D eigenvalue weighted by Gasteiger charge is 2.27. The van der Waals surface area contributed by atoms with Crippen molar-refractivity contribution >= 4 is 43.2 Å². The van der Waals surface area contributed by atoms with E-state index in [-0.39, 0.29) is 11.4 Å². The van der Waals surface area contributed by atoms with Crippen LogP contribution < -0.4 is 0 Å². The van der Waals surface area contributed by atoms with Gasteiger partial charge in [0.15, 0.2) is 0 Å². The van der Waals surface area contributed by atoms with E-state index in [2.05, 4.69) is 36.6 Å². The normalized spacial score (nSPS) is 14.0. The minimum atomic E-state index is -4.25. The minimum Gasteiger partial charge on any atom is -0.372 e. The van der Waals surface area contributed by atoms with Gasteiger partial charge in [0, 0.05) is 11.5 Å². The smallest absolute Gasteiger partial charge is 0.372 e. The minimum absolute atomic E-state index is 0.0331. The molecule has 1 rings (SSSR count). The molecule has 98 valence electrons. The highest BCUT2D eigenvalue weighted by atomic mass is 79.9. The molecule has 0 aliphatic carbocycles. The number of alkyl halides is 4. The second-order valence-corrected chi connectivity index (χ2v) is 7.04. The Morgan fingerprint density at radius 1 is 1.47 bits per heavy atom. The first-order chi connectivity index (χ1) is 7.79. The Kier molecular flexibility index (Phi) is 5.95. The molecule has 1 unspecified atom stereocenters. The van der Waals surface area contributed by atoms with E-state index >= 15 is 0 Å². The fourth-order valence-electron chi connectivity index (χ4n) is 1.15. The van der Waals surface area contributed by atoms with Crippen LogP contribution in [0.15, 0.2) is 9.85 Å². The van der Waals surface area contributed by atoms with Gasteiger partial charge in [0.2, 0.25) is 0 Å². The van der Waals surface area contributed by atoms with Crippen molar-refractivity contribution in [2.75, 3.05) is 13.2 Å². The Morgan fingerprint density at radius 3 is 2.59 bits per heavy atom. The molecule has 17 heavy (non-hydrogen) atoms. The van der Waals surface area contributed by atoms with E-state index in [0.717, 1.165) is 14.2 Å². The molecule has 0 radical (unpaired) electrons. The number of thiophene rings is 1. The zero-order valence-corrected chi connectivity index (χ0v) is 13.0. The Bertz CT molecular complexity index is 345. The van der Waals surface area contributed by atoms with Crippen LogP contribution in [0.3, 0.4) is 0 Å². The number of ether oxygens (including phenoxy) is 1. The first-order valence-corrected chi connectivity index (χ1v) is 7.36. The zero-order chi connectivity index (χ0) is 13.1. The third-order valence-electron chi connectivity index (χ3n) is 1.97. The van der Waals surface area contributed by atoms with Crippen molar-refractivity contribution in [3.8, 4) is 0 Å². The van der Waals surface area contributed by atoms with Crippen LogP contribution in [0.5, 0.6) is 0 Å². The van der Waals surface area contributed by atoms with Gasteiger partial charge in [-0.05, 0) is 40.9 Å². The molecule has 1 nitrogen and oxygen atoms in total. The van der Waals surface area contributed by atoms with Gasteiger partial charge in [-0.3, -0.25) is 0 Å². The summed E-state index contributed by atoms with van der Waals surface area (Å²) in [4.78, 5) is 1.12.